The lowest BCUT2D eigenvalue weighted by atomic mass is 9.93. The fourth-order valence-corrected chi connectivity index (χ4v) is 13.9. The normalized spacial score (nSPS) is 22.4. The molecule has 8 rings (SSSR count). The predicted molar refractivity (Wildman–Crippen MR) is 240 cm³/mol. The summed E-state index contributed by atoms with van der Waals surface area (Å²) >= 11 is 1.62. The fourth-order valence-electron chi connectivity index (χ4n) is 8.11. The van der Waals surface area contributed by atoms with Crippen LogP contribution >= 0.6 is 11.8 Å². The zero-order chi connectivity index (χ0) is 41.4. The van der Waals surface area contributed by atoms with Crippen molar-refractivity contribution in [1.29, 1.82) is 0 Å². The van der Waals surface area contributed by atoms with E-state index in [4.69, 9.17) is 33.1 Å². The summed E-state index contributed by atoms with van der Waals surface area (Å²) < 4.78 is 34.8. The molecule has 2 fully saturated rings. The molecule has 6 atom stereocenters. The molecule has 2 aliphatic rings. The van der Waals surface area contributed by atoms with Crippen molar-refractivity contribution >= 4 is 36.5 Å². The number of ether oxygens (including phenoxy) is 4. The summed E-state index contributed by atoms with van der Waals surface area (Å²) in [4.78, 5) is 14.1. The highest BCUT2D eigenvalue weighted by Gasteiger charge is 2.60. The minimum absolute atomic E-state index is 0.334. The summed E-state index contributed by atoms with van der Waals surface area (Å²) in [7, 11) is -1.54. The number of methoxy groups -OCH3 is 1. The molecule has 0 aliphatic carbocycles. The number of rotatable bonds is 14. The summed E-state index contributed by atoms with van der Waals surface area (Å²) in [5.74, 6) is 1.26. The van der Waals surface area contributed by atoms with Gasteiger partial charge in [0.1, 0.15) is 35.6 Å². The van der Waals surface area contributed by atoms with Crippen LogP contribution in [0.4, 0.5) is 0 Å². The number of hydrogen-bond donors (Lipinski definition) is 0. The van der Waals surface area contributed by atoms with Crippen molar-refractivity contribution in [3.8, 4) is 5.75 Å². The van der Waals surface area contributed by atoms with Crippen LogP contribution in [0.3, 0.4) is 0 Å². The molecule has 308 valence electrons. The molecule has 0 saturated carbocycles. The van der Waals surface area contributed by atoms with Crippen molar-refractivity contribution in [1.82, 2.24) is 0 Å². The van der Waals surface area contributed by atoms with Crippen LogP contribution in [0, 0.1) is 0 Å². The Morgan fingerprint density at radius 1 is 0.600 bits per heavy atom. The van der Waals surface area contributed by atoms with Gasteiger partial charge in [-0.2, -0.15) is 4.89 Å². The summed E-state index contributed by atoms with van der Waals surface area (Å²) in [6, 6.07) is 59.8. The van der Waals surface area contributed by atoms with Crippen LogP contribution in [0.2, 0.25) is 5.04 Å². The summed E-state index contributed by atoms with van der Waals surface area (Å²) in [5, 5.41) is 1.94. The molecule has 60 heavy (non-hydrogen) atoms. The topological polar surface area (TPSA) is 64.6 Å². The van der Waals surface area contributed by atoms with Crippen LogP contribution in [-0.2, 0) is 41.6 Å². The second-order valence-corrected chi connectivity index (χ2v) is 21.5. The quantitative estimate of drug-likeness (QED) is 0.0794. The van der Waals surface area contributed by atoms with Gasteiger partial charge in [-0.1, -0.05) is 184 Å². The molecule has 0 amide bonds. The van der Waals surface area contributed by atoms with Crippen molar-refractivity contribution < 1.29 is 33.1 Å². The molecular formula is C51H52O7SSi. The van der Waals surface area contributed by atoms with Gasteiger partial charge in [0, 0.05) is 4.90 Å². The van der Waals surface area contributed by atoms with Gasteiger partial charge in [-0.25, -0.2) is 0 Å². The van der Waals surface area contributed by atoms with Crippen molar-refractivity contribution in [2.24, 2.45) is 0 Å². The average molecular weight is 837 g/mol. The monoisotopic (exact) mass is 836 g/mol. The maximum Gasteiger partial charge on any atom is 0.262 e. The van der Waals surface area contributed by atoms with Gasteiger partial charge in [0.2, 0.25) is 0 Å². The van der Waals surface area contributed by atoms with Gasteiger partial charge in [-0.3, -0.25) is 0 Å². The van der Waals surface area contributed by atoms with Gasteiger partial charge in [0.05, 0.1) is 20.3 Å². The Morgan fingerprint density at radius 2 is 1.10 bits per heavy atom. The van der Waals surface area contributed by atoms with E-state index in [9.17, 15) is 0 Å². The molecule has 0 radical (unpaired) electrons. The lowest BCUT2D eigenvalue weighted by Gasteiger charge is -2.52. The largest absolute Gasteiger partial charge is 0.497 e. The van der Waals surface area contributed by atoms with Crippen LogP contribution in [0.5, 0.6) is 5.75 Å². The highest BCUT2D eigenvalue weighted by Crippen LogP contribution is 2.46. The number of benzene rings is 6. The van der Waals surface area contributed by atoms with Gasteiger partial charge >= 0.3 is 0 Å². The third-order valence-electron chi connectivity index (χ3n) is 11.1. The van der Waals surface area contributed by atoms with Gasteiger partial charge in [0.25, 0.3) is 8.32 Å². The first kappa shape index (κ1) is 41.7. The minimum Gasteiger partial charge on any atom is -0.497 e. The Labute approximate surface area is 359 Å². The third kappa shape index (κ3) is 9.33. The van der Waals surface area contributed by atoms with Gasteiger partial charge < -0.3 is 28.3 Å². The average Bonchev–Trinajstić information content (AvgIpc) is 3.29. The predicted octanol–water partition coefficient (Wildman–Crippen LogP) is 10.00. The number of thioether (sulfide) groups is 1. The highest BCUT2D eigenvalue weighted by molar-refractivity contribution is 7.99. The second kappa shape index (κ2) is 19.2. The molecule has 0 N–H and O–H groups in total. The van der Waals surface area contributed by atoms with E-state index in [0.29, 0.717) is 19.0 Å². The van der Waals surface area contributed by atoms with E-state index in [-0.39, 0.29) is 5.04 Å². The van der Waals surface area contributed by atoms with Crippen LogP contribution < -0.4 is 15.1 Å². The summed E-state index contributed by atoms with van der Waals surface area (Å²) in [5.41, 5.74) is 2.46. The molecule has 0 aromatic heterocycles. The SMILES string of the molecule is COc1ccc(/C=C2\OO[C@H]3[C@H](OCc4ccccc4)[C@H](OCc4ccccc4)[C@@H](Sc4ccccc4)O[C@@H]3[C@H]2O[Si](c2ccccc2)(c2ccccc2)C(C)(C)C)cc1. The first-order valence-electron chi connectivity index (χ1n) is 20.5. The van der Waals surface area contributed by atoms with Crippen molar-refractivity contribution in [3.63, 3.8) is 0 Å². The Bertz CT molecular complexity index is 2220. The van der Waals surface area contributed by atoms with E-state index in [1.807, 2.05) is 84.9 Å². The Hall–Kier alpha value is -4.97. The highest BCUT2D eigenvalue weighted by atomic mass is 32.2. The Kier molecular flexibility index (Phi) is 13.3. The minimum atomic E-state index is -3.21. The van der Waals surface area contributed by atoms with E-state index in [2.05, 4.69) is 118 Å². The molecule has 6 aromatic carbocycles. The van der Waals surface area contributed by atoms with E-state index in [0.717, 1.165) is 37.7 Å². The van der Waals surface area contributed by atoms with Crippen molar-refractivity contribution in [3.05, 3.63) is 198 Å². The zero-order valence-electron chi connectivity index (χ0n) is 34.5. The van der Waals surface area contributed by atoms with Crippen LogP contribution in [-0.4, -0.2) is 51.4 Å². The molecule has 9 heteroatoms. The van der Waals surface area contributed by atoms with Crippen molar-refractivity contribution in [2.45, 2.75) is 79.9 Å². The molecule has 2 heterocycles. The molecule has 2 saturated heterocycles. The van der Waals surface area contributed by atoms with E-state index >= 15 is 0 Å². The zero-order valence-corrected chi connectivity index (χ0v) is 36.3. The molecule has 0 unspecified atom stereocenters. The molecule has 0 bridgehead atoms. The molecule has 7 nitrogen and oxygen atoms in total. The number of hydrogen-bond acceptors (Lipinski definition) is 8. The first-order chi connectivity index (χ1) is 29.3. The lowest BCUT2D eigenvalue weighted by molar-refractivity contribution is -0.395. The number of fused-ring (bicyclic) bond motifs is 1. The fraction of sp³-hybridized carbons (Fsp3) is 0.255. The van der Waals surface area contributed by atoms with Gasteiger partial charge in [0.15, 0.2) is 11.9 Å². The summed E-state index contributed by atoms with van der Waals surface area (Å²) in [6.45, 7) is 7.52. The third-order valence-corrected chi connectivity index (χ3v) is 17.2. The van der Waals surface area contributed by atoms with Crippen LogP contribution in [0.15, 0.2) is 187 Å². The molecule has 6 aromatic rings. The first-order valence-corrected chi connectivity index (χ1v) is 23.3. The Balaban J connectivity index is 1.28. The van der Waals surface area contributed by atoms with Crippen LogP contribution in [0.1, 0.15) is 37.5 Å². The standard InChI is InChI=1S/C51H52O7SSi/c1-51(2,3)60(42-26-16-8-17-27-42,43-28-18-9-19-29-43)58-45-44(34-37-30-32-40(52-4)33-31-37)56-57-48-46(53-35-38-20-10-5-11-21-38)49(54-36-39-22-12-6-13-23-39)50(55-47(45)48)59-41-24-14-7-15-25-41/h5-34,45-50H,35-36H2,1-4H3/b44-34-/t45-,46-,47+,48-,49-,50+/m0/s1. The maximum absolute atomic E-state index is 8.00. The molecular weight excluding hydrogens is 785 g/mol. The van der Waals surface area contributed by atoms with Crippen LogP contribution in [0.25, 0.3) is 6.08 Å². The molecule has 0 spiro atoms. The van der Waals surface area contributed by atoms with E-state index in [1.165, 1.54) is 0 Å². The smallest absolute Gasteiger partial charge is 0.262 e. The lowest BCUT2D eigenvalue weighted by Crippen LogP contribution is -2.71. The van der Waals surface area contributed by atoms with E-state index < -0.39 is 44.3 Å². The maximum atomic E-state index is 8.00. The Morgan fingerprint density at radius 3 is 1.62 bits per heavy atom. The summed E-state index contributed by atoms with van der Waals surface area (Å²) in [6.07, 6.45) is -1.35. The van der Waals surface area contributed by atoms with Crippen molar-refractivity contribution in [2.75, 3.05) is 7.11 Å². The van der Waals surface area contributed by atoms with Gasteiger partial charge in [-0.15, -0.1) is 0 Å². The second-order valence-electron chi connectivity index (χ2n) is 16.1. The molecule has 2 aliphatic heterocycles. The van der Waals surface area contributed by atoms with Gasteiger partial charge in [-0.05, 0) is 62.4 Å². The van der Waals surface area contributed by atoms with E-state index in [1.54, 1.807) is 18.9 Å².